The molecule has 36 heavy (non-hydrogen) atoms. The van der Waals surface area contributed by atoms with Crippen LogP contribution < -0.4 is 0 Å². The number of likely N-dealkylation sites (tertiary alicyclic amines) is 2. The van der Waals surface area contributed by atoms with Crippen molar-refractivity contribution in [2.24, 2.45) is 5.92 Å². The molecule has 3 heterocycles. The van der Waals surface area contributed by atoms with Crippen LogP contribution in [-0.2, 0) is 4.79 Å². The van der Waals surface area contributed by atoms with Crippen LogP contribution in [-0.4, -0.2) is 53.6 Å². The highest BCUT2D eigenvalue weighted by atomic mass is 35.5. The van der Waals surface area contributed by atoms with Crippen molar-refractivity contribution in [3.63, 3.8) is 0 Å². The third-order valence-corrected chi connectivity index (χ3v) is 9.16. The van der Waals surface area contributed by atoms with Crippen LogP contribution in [0, 0.1) is 11.7 Å². The van der Waals surface area contributed by atoms with E-state index in [0.29, 0.717) is 40.5 Å². The molecular formula is C28H29Cl2FN2O2S. The van der Waals surface area contributed by atoms with E-state index in [9.17, 15) is 14.3 Å². The maximum Gasteiger partial charge on any atom is 0.325 e. The van der Waals surface area contributed by atoms with E-state index in [0.717, 1.165) is 32.5 Å². The van der Waals surface area contributed by atoms with E-state index >= 15 is 0 Å². The summed E-state index contributed by atoms with van der Waals surface area (Å²) in [5.41, 5.74) is 3.15. The van der Waals surface area contributed by atoms with Gasteiger partial charge in [0.1, 0.15) is 11.9 Å². The molecule has 2 aromatic carbocycles. The normalized spacial score (nSPS) is 22.6. The highest BCUT2D eigenvalue weighted by molar-refractivity contribution is 7.08. The number of hydrogen-bond donors (Lipinski definition) is 1. The summed E-state index contributed by atoms with van der Waals surface area (Å²) in [6.07, 6.45) is 2.10. The van der Waals surface area contributed by atoms with Crippen molar-refractivity contribution in [2.75, 3.05) is 32.7 Å². The summed E-state index contributed by atoms with van der Waals surface area (Å²) in [5, 5.41) is 15.3. The lowest BCUT2D eigenvalue weighted by atomic mass is 9.87. The van der Waals surface area contributed by atoms with Crippen LogP contribution in [0.2, 0.25) is 10.0 Å². The molecule has 3 atom stereocenters. The van der Waals surface area contributed by atoms with Crippen LogP contribution in [0.4, 0.5) is 4.39 Å². The quantitative estimate of drug-likeness (QED) is 0.349. The number of halogens is 3. The molecule has 0 aliphatic carbocycles. The summed E-state index contributed by atoms with van der Waals surface area (Å²) in [4.78, 5) is 17.0. The number of hydrogen-bond acceptors (Lipinski definition) is 4. The van der Waals surface area contributed by atoms with Crippen molar-refractivity contribution in [1.29, 1.82) is 0 Å². The molecule has 0 bridgehead atoms. The molecule has 2 aliphatic rings. The second-order valence-corrected chi connectivity index (χ2v) is 11.5. The highest BCUT2D eigenvalue weighted by Gasteiger charge is 2.41. The Balaban J connectivity index is 1.30. The van der Waals surface area contributed by atoms with Crippen LogP contribution in [0.1, 0.15) is 47.4 Å². The van der Waals surface area contributed by atoms with E-state index in [1.807, 2.05) is 12.1 Å². The van der Waals surface area contributed by atoms with Gasteiger partial charge in [-0.05, 0) is 95.5 Å². The lowest BCUT2D eigenvalue weighted by molar-refractivity contribution is -0.143. The predicted molar refractivity (Wildman–Crippen MR) is 144 cm³/mol. The van der Waals surface area contributed by atoms with Crippen molar-refractivity contribution in [3.05, 3.63) is 91.8 Å². The number of carboxylic acids is 1. The van der Waals surface area contributed by atoms with E-state index in [1.165, 1.54) is 11.1 Å². The van der Waals surface area contributed by atoms with Crippen LogP contribution in [0.5, 0.6) is 0 Å². The van der Waals surface area contributed by atoms with Gasteiger partial charge in [-0.15, -0.1) is 0 Å². The Hall–Kier alpha value is -1.96. The van der Waals surface area contributed by atoms with Crippen molar-refractivity contribution in [1.82, 2.24) is 9.80 Å². The van der Waals surface area contributed by atoms with Gasteiger partial charge in [-0.2, -0.15) is 11.3 Å². The molecule has 5 rings (SSSR count). The third kappa shape index (κ3) is 5.63. The molecule has 8 heteroatoms. The Morgan fingerprint density at radius 3 is 2.42 bits per heavy atom. The lowest BCUT2D eigenvalue weighted by Gasteiger charge is -2.35. The fourth-order valence-electron chi connectivity index (χ4n) is 5.87. The topological polar surface area (TPSA) is 43.8 Å². The van der Waals surface area contributed by atoms with E-state index < -0.39 is 12.0 Å². The van der Waals surface area contributed by atoms with Crippen LogP contribution >= 0.6 is 34.5 Å². The summed E-state index contributed by atoms with van der Waals surface area (Å²) in [6.45, 7) is 4.30. The summed E-state index contributed by atoms with van der Waals surface area (Å²) in [7, 11) is 0. The van der Waals surface area contributed by atoms with Gasteiger partial charge in [0.25, 0.3) is 0 Å². The number of carboxylic acid groups (broad SMARTS) is 1. The Morgan fingerprint density at radius 1 is 1.03 bits per heavy atom. The summed E-state index contributed by atoms with van der Waals surface area (Å²) < 4.78 is 13.3. The molecule has 0 saturated carbocycles. The van der Waals surface area contributed by atoms with E-state index in [2.05, 4.69) is 26.6 Å². The average Bonchev–Trinajstić information content (AvgIpc) is 3.53. The molecule has 0 spiro atoms. The maximum atomic E-state index is 13.3. The minimum Gasteiger partial charge on any atom is -0.480 e. The summed E-state index contributed by atoms with van der Waals surface area (Å²) in [5.74, 6) is -0.0110. The SMILES string of the molecule is O=C(O)C(c1ccc(Cl)c(Cl)c1)N1C[C@@H](CN2CCC(c3ccc(F)cc3)CC2)[C@H](c2ccsc2)C1. The first-order chi connectivity index (χ1) is 17.4. The minimum absolute atomic E-state index is 0.193. The van der Waals surface area contributed by atoms with Crippen molar-refractivity contribution in [2.45, 2.75) is 30.7 Å². The molecule has 0 amide bonds. The number of aliphatic carboxylic acids is 1. The van der Waals surface area contributed by atoms with Gasteiger partial charge < -0.3 is 10.0 Å². The van der Waals surface area contributed by atoms with Gasteiger partial charge in [0.2, 0.25) is 0 Å². The maximum absolute atomic E-state index is 13.3. The Labute approximate surface area is 225 Å². The Bertz CT molecular complexity index is 1180. The van der Waals surface area contributed by atoms with Gasteiger partial charge in [0.05, 0.1) is 10.0 Å². The molecule has 1 unspecified atom stereocenters. The Morgan fingerprint density at radius 2 is 1.78 bits per heavy atom. The fourth-order valence-corrected chi connectivity index (χ4v) is 6.90. The van der Waals surface area contributed by atoms with Crippen LogP contribution in [0.25, 0.3) is 0 Å². The van der Waals surface area contributed by atoms with Crippen molar-refractivity contribution >= 4 is 40.5 Å². The molecule has 2 saturated heterocycles. The van der Waals surface area contributed by atoms with Crippen LogP contribution in [0.3, 0.4) is 0 Å². The minimum atomic E-state index is -0.877. The average molecular weight is 548 g/mol. The largest absolute Gasteiger partial charge is 0.480 e. The fraction of sp³-hybridized carbons (Fsp3) is 0.393. The van der Waals surface area contributed by atoms with E-state index in [1.54, 1.807) is 41.7 Å². The van der Waals surface area contributed by atoms with Gasteiger partial charge >= 0.3 is 5.97 Å². The number of carbonyl (C=O) groups is 1. The van der Waals surface area contributed by atoms with Gasteiger partial charge in [-0.3, -0.25) is 9.69 Å². The van der Waals surface area contributed by atoms with Gasteiger partial charge in [-0.1, -0.05) is 41.4 Å². The molecule has 2 aliphatic heterocycles. The number of nitrogens with zero attached hydrogens (tertiary/aromatic N) is 2. The second-order valence-electron chi connectivity index (χ2n) is 9.92. The number of benzene rings is 2. The zero-order valence-electron chi connectivity index (χ0n) is 19.8. The molecule has 4 nitrogen and oxygen atoms in total. The first-order valence-corrected chi connectivity index (χ1v) is 14.0. The van der Waals surface area contributed by atoms with Crippen LogP contribution in [0.15, 0.2) is 59.3 Å². The van der Waals surface area contributed by atoms with E-state index in [-0.39, 0.29) is 11.7 Å². The Kier molecular flexibility index (Phi) is 7.99. The van der Waals surface area contributed by atoms with Gasteiger partial charge in [0.15, 0.2) is 0 Å². The molecule has 3 aromatic rings. The molecule has 190 valence electrons. The highest BCUT2D eigenvalue weighted by Crippen LogP contribution is 2.40. The summed E-state index contributed by atoms with van der Waals surface area (Å²) in [6, 6.07) is 13.4. The molecule has 0 radical (unpaired) electrons. The monoisotopic (exact) mass is 546 g/mol. The van der Waals surface area contributed by atoms with E-state index in [4.69, 9.17) is 23.2 Å². The molecule has 1 N–H and O–H groups in total. The summed E-state index contributed by atoms with van der Waals surface area (Å²) >= 11 is 14.0. The second kappa shape index (κ2) is 11.2. The van der Waals surface area contributed by atoms with Crippen molar-refractivity contribution < 1.29 is 14.3 Å². The number of thiophene rings is 1. The molecule has 1 aromatic heterocycles. The molecule has 2 fully saturated rings. The lowest BCUT2D eigenvalue weighted by Crippen LogP contribution is -2.38. The first kappa shape index (κ1) is 25.7. The number of rotatable bonds is 7. The predicted octanol–water partition coefficient (Wildman–Crippen LogP) is 6.91. The first-order valence-electron chi connectivity index (χ1n) is 12.3. The smallest absolute Gasteiger partial charge is 0.325 e. The van der Waals surface area contributed by atoms with Crippen molar-refractivity contribution in [3.8, 4) is 0 Å². The zero-order valence-corrected chi connectivity index (χ0v) is 22.2. The standard InChI is InChI=1S/C28H29Cl2FN2O2S/c29-25-6-3-20(13-26(25)30)27(28(34)35)33-15-22(24(16-33)21-9-12-36-17-21)14-32-10-7-19(8-11-32)18-1-4-23(31)5-2-18/h1-6,9,12-13,17,19,22,24,27H,7-8,10-11,14-16H2,(H,34,35)/t22-,24+,27?/m1/s1. The zero-order chi connectivity index (χ0) is 25.2. The third-order valence-electron chi connectivity index (χ3n) is 7.72. The molecular weight excluding hydrogens is 518 g/mol. The van der Waals surface area contributed by atoms with Gasteiger partial charge in [-0.25, -0.2) is 4.39 Å². The van der Waals surface area contributed by atoms with Gasteiger partial charge in [0, 0.05) is 25.6 Å². The number of piperidine rings is 1.